The standard InChI is InChI=1S/C22H33NO5S/c1-22(2,3)28-21(25)23-19(20(24)27-18-8-6-5-7-9-18)15-29-14-16-10-12-17(26-4)13-11-16/h10-13,18-19H,5-9,14-15H2,1-4H3,(H,23,25)/t19-/m0/s1. The monoisotopic (exact) mass is 423 g/mol. The van der Waals surface area contributed by atoms with Gasteiger partial charge in [-0.3, -0.25) is 0 Å². The Morgan fingerprint density at radius 1 is 1.14 bits per heavy atom. The highest BCUT2D eigenvalue weighted by Gasteiger charge is 2.28. The van der Waals surface area contributed by atoms with Gasteiger partial charge in [-0.2, -0.15) is 11.8 Å². The minimum absolute atomic E-state index is 0.0502. The van der Waals surface area contributed by atoms with Crippen LogP contribution in [0.25, 0.3) is 0 Å². The maximum absolute atomic E-state index is 12.7. The van der Waals surface area contributed by atoms with Crippen LogP contribution < -0.4 is 10.1 Å². The molecule has 1 aromatic carbocycles. The molecule has 1 aromatic rings. The molecule has 0 aliphatic heterocycles. The third kappa shape index (κ3) is 8.98. The van der Waals surface area contributed by atoms with Crippen molar-refractivity contribution in [1.29, 1.82) is 0 Å². The molecule has 1 fully saturated rings. The Labute approximate surface area is 178 Å². The van der Waals surface area contributed by atoms with Crippen LogP contribution in [0.1, 0.15) is 58.4 Å². The number of carbonyl (C=O) groups is 2. The van der Waals surface area contributed by atoms with Gasteiger partial charge < -0.3 is 19.5 Å². The molecule has 0 saturated heterocycles. The topological polar surface area (TPSA) is 73.9 Å². The Hall–Kier alpha value is -1.89. The predicted molar refractivity (Wildman–Crippen MR) is 115 cm³/mol. The van der Waals surface area contributed by atoms with Crippen molar-refractivity contribution in [2.75, 3.05) is 12.9 Å². The quantitative estimate of drug-likeness (QED) is 0.611. The first-order chi connectivity index (χ1) is 13.8. The van der Waals surface area contributed by atoms with Gasteiger partial charge in [0.1, 0.15) is 23.5 Å². The van der Waals surface area contributed by atoms with Gasteiger partial charge in [-0.15, -0.1) is 0 Å². The number of ether oxygens (including phenoxy) is 3. The molecular formula is C22H33NO5S. The Kier molecular flexibility index (Phi) is 9.14. The molecule has 0 radical (unpaired) electrons. The van der Waals surface area contributed by atoms with E-state index in [-0.39, 0.29) is 12.1 Å². The second kappa shape index (κ2) is 11.3. The summed E-state index contributed by atoms with van der Waals surface area (Å²) < 4.78 is 16.2. The highest BCUT2D eigenvalue weighted by atomic mass is 32.2. The van der Waals surface area contributed by atoms with E-state index in [9.17, 15) is 9.59 Å². The van der Waals surface area contributed by atoms with Gasteiger partial charge in [-0.1, -0.05) is 18.6 Å². The Balaban J connectivity index is 1.92. The predicted octanol–water partition coefficient (Wildman–Crippen LogP) is 4.70. The van der Waals surface area contributed by atoms with Crippen LogP contribution in [0.5, 0.6) is 5.75 Å². The van der Waals surface area contributed by atoms with Gasteiger partial charge >= 0.3 is 12.1 Å². The van der Waals surface area contributed by atoms with E-state index in [0.29, 0.717) is 11.5 Å². The van der Waals surface area contributed by atoms with Crippen LogP contribution in [0.3, 0.4) is 0 Å². The smallest absolute Gasteiger partial charge is 0.408 e. The van der Waals surface area contributed by atoms with Crippen molar-refractivity contribution in [3.63, 3.8) is 0 Å². The molecule has 2 rings (SSSR count). The van der Waals surface area contributed by atoms with Crippen LogP contribution in [-0.4, -0.2) is 42.7 Å². The normalized spacial score (nSPS) is 16.0. The molecule has 0 unspecified atom stereocenters. The molecular weight excluding hydrogens is 390 g/mol. The number of benzene rings is 1. The second-order valence-corrected chi connectivity index (χ2v) is 9.29. The molecule has 1 atom stereocenters. The van der Waals surface area contributed by atoms with E-state index in [2.05, 4.69) is 5.32 Å². The SMILES string of the molecule is COc1ccc(CSC[C@H](NC(=O)OC(C)(C)C)C(=O)OC2CCCCC2)cc1. The summed E-state index contributed by atoms with van der Waals surface area (Å²) in [5.74, 6) is 1.55. The molecule has 1 aliphatic carbocycles. The van der Waals surface area contributed by atoms with Gasteiger partial charge in [0.05, 0.1) is 7.11 Å². The number of nitrogens with one attached hydrogen (secondary N) is 1. The van der Waals surface area contributed by atoms with Crippen molar-refractivity contribution >= 4 is 23.8 Å². The number of rotatable bonds is 8. The average Bonchev–Trinajstić information content (AvgIpc) is 2.67. The van der Waals surface area contributed by atoms with E-state index in [1.165, 1.54) is 6.42 Å². The number of alkyl carbamates (subject to hydrolysis) is 1. The lowest BCUT2D eigenvalue weighted by atomic mass is 9.98. The molecule has 1 N–H and O–H groups in total. The molecule has 162 valence electrons. The maximum Gasteiger partial charge on any atom is 0.408 e. The molecule has 1 aliphatic rings. The Morgan fingerprint density at radius 2 is 1.79 bits per heavy atom. The van der Waals surface area contributed by atoms with Crippen LogP contribution in [-0.2, 0) is 20.0 Å². The molecule has 0 heterocycles. The van der Waals surface area contributed by atoms with Crippen LogP contribution in [0.15, 0.2) is 24.3 Å². The number of methoxy groups -OCH3 is 1. The van der Waals surface area contributed by atoms with Crippen molar-refractivity contribution in [2.24, 2.45) is 0 Å². The molecule has 0 spiro atoms. The molecule has 0 bridgehead atoms. The first kappa shape index (κ1) is 23.4. The van der Waals surface area contributed by atoms with Crippen LogP contribution >= 0.6 is 11.8 Å². The highest BCUT2D eigenvalue weighted by molar-refractivity contribution is 7.98. The number of thioether (sulfide) groups is 1. The minimum atomic E-state index is -0.741. The number of esters is 1. The summed E-state index contributed by atoms with van der Waals surface area (Å²) in [4.78, 5) is 24.9. The van der Waals surface area contributed by atoms with Gasteiger partial charge in [0.25, 0.3) is 0 Å². The third-order valence-electron chi connectivity index (χ3n) is 4.52. The lowest BCUT2D eigenvalue weighted by Crippen LogP contribution is -2.46. The summed E-state index contributed by atoms with van der Waals surface area (Å²) in [6.07, 6.45) is 4.47. The second-order valence-electron chi connectivity index (χ2n) is 8.26. The van der Waals surface area contributed by atoms with Gasteiger partial charge in [-0.05, 0) is 64.2 Å². The summed E-state index contributed by atoms with van der Waals surface area (Å²) in [6, 6.07) is 7.05. The van der Waals surface area contributed by atoms with E-state index >= 15 is 0 Å². The van der Waals surface area contributed by atoms with Crippen LogP contribution in [0, 0.1) is 0 Å². The van der Waals surface area contributed by atoms with Gasteiger partial charge in [0, 0.05) is 11.5 Å². The summed E-state index contributed by atoms with van der Waals surface area (Å²) >= 11 is 1.57. The first-order valence-corrected chi connectivity index (χ1v) is 11.3. The largest absolute Gasteiger partial charge is 0.497 e. The fourth-order valence-corrected chi connectivity index (χ4v) is 4.07. The maximum atomic E-state index is 12.7. The van der Waals surface area contributed by atoms with Crippen molar-refractivity contribution in [1.82, 2.24) is 5.32 Å². The molecule has 1 amide bonds. The highest BCUT2D eigenvalue weighted by Crippen LogP contribution is 2.22. The molecule has 7 heteroatoms. The van der Waals surface area contributed by atoms with E-state index in [1.54, 1.807) is 39.6 Å². The molecule has 0 aromatic heterocycles. The average molecular weight is 424 g/mol. The van der Waals surface area contributed by atoms with E-state index in [4.69, 9.17) is 14.2 Å². The fraction of sp³-hybridized carbons (Fsp3) is 0.636. The number of hydrogen-bond donors (Lipinski definition) is 1. The molecule has 29 heavy (non-hydrogen) atoms. The van der Waals surface area contributed by atoms with Gasteiger partial charge in [0.15, 0.2) is 0 Å². The number of hydrogen-bond acceptors (Lipinski definition) is 6. The minimum Gasteiger partial charge on any atom is -0.497 e. The fourth-order valence-electron chi connectivity index (χ4n) is 3.06. The lowest BCUT2D eigenvalue weighted by molar-refractivity contribution is -0.152. The zero-order valence-electron chi connectivity index (χ0n) is 17.9. The summed E-state index contributed by atoms with van der Waals surface area (Å²) in [6.45, 7) is 5.38. The van der Waals surface area contributed by atoms with Crippen molar-refractivity contribution < 1.29 is 23.8 Å². The molecule has 1 saturated carbocycles. The summed E-state index contributed by atoms with van der Waals surface area (Å²) in [5, 5.41) is 2.69. The Morgan fingerprint density at radius 3 is 2.38 bits per heavy atom. The van der Waals surface area contributed by atoms with Crippen LogP contribution in [0.4, 0.5) is 4.79 Å². The number of carbonyl (C=O) groups excluding carboxylic acids is 2. The molecule has 6 nitrogen and oxygen atoms in total. The summed E-state index contributed by atoms with van der Waals surface area (Å²) in [7, 11) is 1.63. The third-order valence-corrected chi connectivity index (χ3v) is 5.63. The Bertz CT molecular complexity index is 650. The first-order valence-electron chi connectivity index (χ1n) is 10.2. The van der Waals surface area contributed by atoms with E-state index in [0.717, 1.165) is 37.0 Å². The van der Waals surface area contributed by atoms with Crippen molar-refractivity contribution in [3.05, 3.63) is 29.8 Å². The zero-order chi connectivity index (χ0) is 21.3. The van der Waals surface area contributed by atoms with Crippen molar-refractivity contribution in [3.8, 4) is 5.75 Å². The van der Waals surface area contributed by atoms with Gasteiger partial charge in [0.2, 0.25) is 0 Å². The number of amides is 1. The van der Waals surface area contributed by atoms with Crippen LogP contribution in [0.2, 0.25) is 0 Å². The lowest BCUT2D eigenvalue weighted by Gasteiger charge is -2.26. The zero-order valence-corrected chi connectivity index (χ0v) is 18.7. The summed E-state index contributed by atoms with van der Waals surface area (Å²) in [5.41, 5.74) is 0.491. The van der Waals surface area contributed by atoms with Crippen molar-refractivity contribution in [2.45, 2.75) is 76.4 Å². The van der Waals surface area contributed by atoms with E-state index < -0.39 is 17.7 Å². The van der Waals surface area contributed by atoms with E-state index in [1.807, 2.05) is 24.3 Å². The van der Waals surface area contributed by atoms with Gasteiger partial charge in [-0.25, -0.2) is 9.59 Å².